The molecule has 1 atom stereocenters. The van der Waals surface area contributed by atoms with Gasteiger partial charge in [0, 0.05) is 10.9 Å². The van der Waals surface area contributed by atoms with E-state index < -0.39 is 23.8 Å². The summed E-state index contributed by atoms with van der Waals surface area (Å²) in [5.74, 6) is -0.392. The molecular formula is C27H29N3O4S. The molecule has 0 fully saturated rings. The number of hydrogen-bond donors (Lipinski definition) is 1. The maximum atomic E-state index is 13.3. The van der Waals surface area contributed by atoms with Crippen LogP contribution in [-0.2, 0) is 4.79 Å². The minimum absolute atomic E-state index is 0.0972. The summed E-state index contributed by atoms with van der Waals surface area (Å²) >= 11 is 1.30. The predicted octanol–water partition coefficient (Wildman–Crippen LogP) is 5.64. The lowest BCUT2D eigenvalue weighted by Gasteiger charge is -2.26. The van der Waals surface area contributed by atoms with E-state index in [1.54, 1.807) is 24.3 Å². The maximum absolute atomic E-state index is 13.3. The molecule has 0 spiro atoms. The first-order chi connectivity index (χ1) is 16.9. The smallest absolute Gasteiger partial charge is 0.262 e. The van der Waals surface area contributed by atoms with E-state index >= 15 is 0 Å². The van der Waals surface area contributed by atoms with E-state index in [4.69, 9.17) is 4.74 Å². The molecule has 0 bridgehead atoms. The van der Waals surface area contributed by atoms with Crippen molar-refractivity contribution >= 4 is 34.2 Å². The highest BCUT2D eigenvalue weighted by molar-refractivity contribution is 7.14. The number of fused-ring (bicyclic) bond motifs is 1. The van der Waals surface area contributed by atoms with Crippen LogP contribution in [-0.4, -0.2) is 40.3 Å². The summed E-state index contributed by atoms with van der Waals surface area (Å²) in [5, 5.41) is 5.10. The number of anilines is 1. The van der Waals surface area contributed by atoms with Gasteiger partial charge in [-0.1, -0.05) is 39.3 Å². The number of imide groups is 1. The summed E-state index contributed by atoms with van der Waals surface area (Å²) in [6.45, 7) is 6.72. The van der Waals surface area contributed by atoms with E-state index in [1.165, 1.54) is 11.3 Å². The van der Waals surface area contributed by atoms with Crippen LogP contribution in [0.3, 0.4) is 0 Å². The SMILES string of the molecule is CCCCOc1ccc(-c2csc(NC(=O)C(CC(C)C)N3C(=O)c4ccccc4C3=O)n2)cc1. The van der Waals surface area contributed by atoms with Crippen molar-refractivity contribution in [3.63, 3.8) is 0 Å². The third-order valence-corrected chi connectivity index (χ3v) is 6.54. The lowest BCUT2D eigenvalue weighted by molar-refractivity contribution is -0.120. The maximum Gasteiger partial charge on any atom is 0.262 e. The zero-order valence-electron chi connectivity index (χ0n) is 20.1. The van der Waals surface area contributed by atoms with Gasteiger partial charge in [0.15, 0.2) is 5.13 Å². The predicted molar refractivity (Wildman–Crippen MR) is 137 cm³/mol. The lowest BCUT2D eigenvalue weighted by Crippen LogP contribution is -2.47. The van der Waals surface area contributed by atoms with Crippen molar-refractivity contribution in [2.75, 3.05) is 11.9 Å². The van der Waals surface area contributed by atoms with E-state index in [0.717, 1.165) is 34.7 Å². The van der Waals surface area contributed by atoms with Crippen molar-refractivity contribution in [3.05, 3.63) is 65.0 Å². The molecule has 2 aromatic carbocycles. The Balaban J connectivity index is 1.48. The summed E-state index contributed by atoms with van der Waals surface area (Å²) in [7, 11) is 0. The molecule has 4 rings (SSSR count). The fourth-order valence-electron chi connectivity index (χ4n) is 3.98. The monoisotopic (exact) mass is 491 g/mol. The first kappa shape index (κ1) is 24.6. The Kier molecular flexibility index (Phi) is 7.60. The van der Waals surface area contributed by atoms with Crippen LogP contribution in [0.1, 0.15) is 60.7 Å². The molecule has 1 aliphatic heterocycles. The Morgan fingerprint density at radius 2 is 1.71 bits per heavy atom. The third-order valence-electron chi connectivity index (χ3n) is 5.79. The minimum Gasteiger partial charge on any atom is -0.494 e. The number of benzene rings is 2. The molecule has 1 aromatic heterocycles. The summed E-state index contributed by atoms with van der Waals surface area (Å²) in [4.78, 5) is 44.9. The largest absolute Gasteiger partial charge is 0.494 e. The quantitative estimate of drug-likeness (QED) is 0.293. The average Bonchev–Trinajstić information content (AvgIpc) is 3.41. The van der Waals surface area contributed by atoms with Gasteiger partial charge in [-0.15, -0.1) is 11.3 Å². The van der Waals surface area contributed by atoms with Crippen LogP contribution in [0.25, 0.3) is 11.3 Å². The summed E-state index contributed by atoms with van der Waals surface area (Å²) in [6, 6.07) is 13.4. The number of nitrogens with zero attached hydrogens (tertiary/aromatic N) is 2. The van der Waals surface area contributed by atoms with Gasteiger partial charge in [0.2, 0.25) is 5.91 Å². The van der Waals surface area contributed by atoms with Crippen LogP contribution >= 0.6 is 11.3 Å². The van der Waals surface area contributed by atoms with E-state index in [0.29, 0.717) is 29.3 Å². The Morgan fingerprint density at radius 1 is 1.06 bits per heavy atom. The molecule has 3 amide bonds. The number of unbranched alkanes of at least 4 members (excludes halogenated alkanes) is 1. The first-order valence-corrected chi connectivity index (χ1v) is 12.7. The second-order valence-electron chi connectivity index (χ2n) is 8.92. The molecule has 3 aromatic rings. The van der Waals surface area contributed by atoms with Gasteiger partial charge in [-0.25, -0.2) is 4.98 Å². The summed E-state index contributed by atoms with van der Waals surface area (Å²) in [5.41, 5.74) is 2.30. The van der Waals surface area contributed by atoms with Crippen LogP contribution in [0, 0.1) is 5.92 Å². The number of carbonyl (C=O) groups is 3. The molecule has 2 heterocycles. The Hall–Kier alpha value is -3.52. The van der Waals surface area contributed by atoms with Crippen molar-refractivity contribution in [1.82, 2.24) is 9.88 Å². The molecule has 1 unspecified atom stereocenters. The highest BCUT2D eigenvalue weighted by atomic mass is 32.1. The van der Waals surface area contributed by atoms with Crippen molar-refractivity contribution in [1.29, 1.82) is 0 Å². The Labute approximate surface area is 209 Å². The molecule has 0 radical (unpaired) electrons. The van der Waals surface area contributed by atoms with Crippen LogP contribution in [0.15, 0.2) is 53.9 Å². The van der Waals surface area contributed by atoms with Gasteiger partial charge in [-0.2, -0.15) is 0 Å². The second kappa shape index (κ2) is 10.8. The number of aromatic nitrogens is 1. The van der Waals surface area contributed by atoms with Crippen LogP contribution in [0.2, 0.25) is 0 Å². The van der Waals surface area contributed by atoms with E-state index in [1.807, 2.05) is 43.5 Å². The molecule has 182 valence electrons. The topological polar surface area (TPSA) is 88.6 Å². The van der Waals surface area contributed by atoms with Gasteiger partial charge in [0.1, 0.15) is 11.8 Å². The fourth-order valence-corrected chi connectivity index (χ4v) is 4.70. The molecule has 0 saturated heterocycles. The van der Waals surface area contributed by atoms with Crippen molar-refractivity contribution in [2.24, 2.45) is 5.92 Å². The van der Waals surface area contributed by atoms with Gasteiger partial charge in [-0.05, 0) is 55.2 Å². The van der Waals surface area contributed by atoms with E-state index in [9.17, 15) is 14.4 Å². The third kappa shape index (κ3) is 5.43. The number of ether oxygens (including phenoxy) is 1. The van der Waals surface area contributed by atoms with Crippen molar-refractivity contribution in [3.8, 4) is 17.0 Å². The average molecular weight is 492 g/mol. The van der Waals surface area contributed by atoms with Gasteiger partial charge < -0.3 is 10.1 Å². The fraction of sp³-hybridized carbons (Fsp3) is 0.333. The van der Waals surface area contributed by atoms with Crippen LogP contribution in [0.5, 0.6) is 5.75 Å². The van der Waals surface area contributed by atoms with E-state index in [2.05, 4.69) is 17.2 Å². The molecule has 0 saturated carbocycles. The number of rotatable bonds is 10. The van der Waals surface area contributed by atoms with Crippen LogP contribution in [0.4, 0.5) is 5.13 Å². The van der Waals surface area contributed by atoms with Gasteiger partial charge in [0.05, 0.1) is 23.4 Å². The molecular weight excluding hydrogens is 462 g/mol. The van der Waals surface area contributed by atoms with Crippen molar-refractivity contribution in [2.45, 2.75) is 46.1 Å². The zero-order valence-corrected chi connectivity index (χ0v) is 20.9. The number of thiazole rings is 1. The molecule has 0 aliphatic carbocycles. The Bertz CT molecular complexity index is 1180. The van der Waals surface area contributed by atoms with Gasteiger partial charge >= 0.3 is 0 Å². The molecule has 1 N–H and O–H groups in total. The molecule has 1 aliphatic rings. The van der Waals surface area contributed by atoms with Crippen LogP contribution < -0.4 is 10.1 Å². The Morgan fingerprint density at radius 3 is 2.31 bits per heavy atom. The lowest BCUT2D eigenvalue weighted by atomic mass is 10.0. The normalized spacial score (nSPS) is 13.8. The summed E-state index contributed by atoms with van der Waals surface area (Å²) in [6.07, 6.45) is 2.45. The van der Waals surface area contributed by atoms with E-state index in [-0.39, 0.29) is 5.92 Å². The number of carbonyl (C=O) groups excluding carboxylic acids is 3. The highest BCUT2D eigenvalue weighted by Crippen LogP contribution is 2.30. The molecule has 35 heavy (non-hydrogen) atoms. The standard InChI is InChI=1S/C27H29N3O4S/c1-4-5-14-34-19-12-10-18(11-13-19)22-16-35-27(28-22)29-24(31)23(15-17(2)3)30-25(32)20-8-6-7-9-21(20)26(30)33/h6-13,16-17,23H,4-5,14-15H2,1-3H3,(H,28,29,31). The number of nitrogens with one attached hydrogen (secondary N) is 1. The van der Waals surface area contributed by atoms with Gasteiger partial charge in [-0.3, -0.25) is 19.3 Å². The zero-order chi connectivity index (χ0) is 24.9. The van der Waals surface area contributed by atoms with Crippen molar-refractivity contribution < 1.29 is 19.1 Å². The first-order valence-electron chi connectivity index (χ1n) is 11.9. The van der Waals surface area contributed by atoms with Gasteiger partial charge in [0.25, 0.3) is 11.8 Å². The second-order valence-corrected chi connectivity index (χ2v) is 9.78. The minimum atomic E-state index is -0.922. The molecule has 7 nitrogen and oxygen atoms in total. The number of amides is 3. The highest BCUT2D eigenvalue weighted by Gasteiger charge is 2.42. The summed E-state index contributed by atoms with van der Waals surface area (Å²) < 4.78 is 5.71. The molecule has 8 heteroatoms. The number of hydrogen-bond acceptors (Lipinski definition) is 6.